The predicted molar refractivity (Wildman–Crippen MR) is 133 cm³/mol. The highest BCUT2D eigenvalue weighted by atomic mass is 16.5. The number of aliphatic hydroxyl groups is 1. The summed E-state index contributed by atoms with van der Waals surface area (Å²) >= 11 is 0. The van der Waals surface area contributed by atoms with Gasteiger partial charge in [0.1, 0.15) is 17.3 Å². The third-order valence-electron chi connectivity index (χ3n) is 5.84. The number of anilines is 1. The monoisotopic (exact) mass is 487 g/mol. The fourth-order valence-corrected chi connectivity index (χ4v) is 4.16. The lowest BCUT2D eigenvalue weighted by Crippen LogP contribution is -2.29. The highest BCUT2D eigenvalue weighted by Gasteiger charge is 2.47. The Morgan fingerprint density at radius 3 is 2.28 bits per heavy atom. The van der Waals surface area contributed by atoms with Crippen LogP contribution in [0.1, 0.15) is 34.5 Å². The summed E-state index contributed by atoms with van der Waals surface area (Å²) in [6.07, 6.45) is 0. The first-order valence-corrected chi connectivity index (χ1v) is 11.3. The number of rotatable bonds is 7. The summed E-state index contributed by atoms with van der Waals surface area (Å²) in [6, 6.07) is 18.8. The van der Waals surface area contributed by atoms with Crippen LogP contribution < -0.4 is 14.4 Å². The minimum atomic E-state index is -0.945. The number of esters is 1. The second kappa shape index (κ2) is 10.4. The average Bonchev–Trinajstić information content (AvgIpc) is 3.18. The highest BCUT2D eigenvalue weighted by Crippen LogP contribution is 2.43. The number of carbonyl (C=O) groups excluding carboxylic acids is 3. The van der Waals surface area contributed by atoms with Crippen LogP contribution in [0.25, 0.3) is 5.76 Å². The van der Waals surface area contributed by atoms with Crippen molar-refractivity contribution < 1.29 is 33.7 Å². The van der Waals surface area contributed by atoms with Crippen molar-refractivity contribution >= 4 is 29.1 Å². The van der Waals surface area contributed by atoms with Gasteiger partial charge in [-0.05, 0) is 61.0 Å². The third-order valence-corrected chi connectivity index (χ3v) is 5.84. The molecule has 1 saturated heterocycles. The number of hydrogen-bond donors (Lipinski definition) is 1. The summed E-state index contributed by atoms with van der Waals surface area (Å²) in [5.41, 5.74) is 1.50. The number of Topliss-reactive ketones (excluding diaryl/α,β-unsaturated/α-hetero) is 1. The normalized spacial score (nSPS) is 16.6. The van der Waals surface area contributed by atoms with Crippen molar-refractivity contribution in [2.45, 2.75) is 13.0 Å². The first-order chi connectivity index (χ1) is 17.4. The second-order valence-electron chi connectivity index (χ2n) is 7.95. The van der Waals surface area contributed by atoms with E-state index in [2.05, 4.69) is 0 Å². The number of amides is 1. The number of nitrogens with zero attached hydrogens (tertiary/aromatic N) is 1. The van der Waals surface area contributed by atoms with Crippen molar-refractivity contribution in [2.75, 3.05) is 25.7 Å². The first-order valence-electron chi connectivity index (χ1n) is 11.3. The van der Waals surface area contributed by atoms with E-state index in [1.165, 1.54) is 31.3 Å². The maximum atomic E-state index is 13.3. The van der Waals surface area contributed by atoms with E-state index in [9.17, 15) is 19.5 Å². The summed E-state index contributed by atoms with van der Waals surface area (Å²) in [7, 11) is 2.79. The zero-order valence-electron chi connectivity index (χ0n) is 20.1. The van der Waals surface area contributed by atoms with Crippen LogP contribution >= 0.6 is 0 Å². The molecule has 1 amide bonds. The van der Waals surface area contributed by atoms with Crippen molar-refractivity contribution in [3.05, 3.63) is 95.1 Å². The van der Waals surface area contributed by atoms with Gasteiger partial charge in [0, 0.05) is 11.3 Å². The fourth-order valence-electron chi connectivity index (χ4n) is 4.16. The maximum absolute atomic E-state index is 13.3. The van der Waals surface area contributed by atoms with Crippen molar-refractivity contribution in [2.24, 2.45) is 0 Å². The van der Waals surface area contributed by atoms with Crippen molar-refractivity contribution in [3.63, 3.8) is 0 Å². The second-order valence-corrected chi connectivity index (χ2v) is 7.95. The van der Waals surface area contributed by atoms with Gasteiger partial charge in [0.2, 0.25) is 0 Å². The topological polar surface area (TPSA) is 102 Å². The van der Waals surface area contributed by atoms with Crippen molar-refractivity contribution in [3.8, 4) is 11.5 Å². The van der Waals surface area contributed by atoms with Gasteiger partial charge in [-0.3, -0.25) is 14.5 Å². The van der Waals surface area contributed by atoms with Crippen LogP contribution in [-0.2, 0) is 14.3 Å². The summed E-state index contributed by atoms with van der Waals surface area (Å²) in [5, 5.41) is 11.3. The van der Waals surface area contributed by atoms with Crippen LogP contribution in [0.2, 0.25) is 0 Å². The van der Waals surface area contributed by atoms with Crippen LogP contribution in [0.4, 0.5) is 5.69 Å². The van der Waals surface area contributed by atoms with Crippen LogP contribution in [-0.4, -0.2) is 43.6 Å². The molecule has 184 valence electrons. The van der Waals surface area contributed by atoms with Gasteiger partial charge in [0.25, 0.3) is 11.7 Å². The Balaban J connectivity index is 1.90. The summed E-state index contributed by atoms with van der Waals surface area (Å²) in [6.45, 7) is 2.27. The molecule has 1 unspecified atom stereocenters. The van der Waals surface area contributed by atoms with Gasteiger partial charge < -0.3 is 19.3 Å². The molecule has 3 aromatic carbocycles. The van der Waals surface area contributed by atoms with E-state index >= 15 is 0 Å². The molecular weight excluding hydrogens is 462 g/mol. The number of carbonyl (C=O) groups is 3. The molecule has 0 spiro atoms. The lowest BCUT2D eigenvalue weighted by atomic mass is 9.95. The van der Waals surface area contributed by atoms with E-state index in [1.807, 2.05) is 6.92 Å². The molecule has 1 fully saturated rings. The zero-order valence-corrected chi connectivity index (χ0v) is 20.1. The molecule has 0 aromatic heterocycles. The Morgan fingerprint density at radius 2 is 1.61 bits per heavy atom. The zero-order chi connectivity index (χ0) is 25.8. The largest absolute Gasteiger partial charge is 0.507 e. The molecule has 0 aliphatic carbocycles. The summed E-state index contributed by atoms with van der Waals surface area (Å²) in [5.74, 6) is -1.45. The van der Waals surface area contributed by atoms with E-state index in [0.29, 0.717) is 40.5 Å². The molecule has 0 saturated carbocycles. The molecule has 1 aliphatic heterocycles. The molecule has 0 radical (unpaired) electrons. The molecule has 1 aliphatic rings. The number of benzene rings is 3. The first kappa shape index (κ1) is 24.5. The third kappa shape index (κ3) is 4.53. The number of ketones is 1. The van der Waals surface area contributed by atoms with Gasteiger partial charge >= 0.3 is 5.97 Å². The smallest absolute Gasteiger partial charge is 0.337 e. The molecule has 1 heterocycles. The molecule has 36 heavy (non-hydrogen) atoms. The Bertz CT molecular complexity index is 1340. The number of aliphatic hydroxyl groups excluding tert-OH is 1. The van der Waals surface area contributed by atoms with Crippen molar-refractivity contribution in [1.29, 1.82) is 0 Å². The van der Waals surface area contributed by atoms with E-state index in [-0.39, 0.29) is 11.3 Å². The molecule has 1 N–H and O–H groups in total. The maximum Gasteiger partial charge on any atom is 0.337 e. The average molecular weight is 488 g/mol. The Labute approximate surface area is 208 Å². The number of methoxy groups -OCH3 is 2. The fraction of sp³-hybridized carbons (Fsp3) is 0.179. The van der Waals surface area contributed by atoms with E-state index < -0.39 is 23.7 Å². The molecular formula is C28H25NO7. The highest BCUT2D eigenvalue weighted by molar-refractivity contribution is 6.51. The van der Waals surface area contributed by atoms with Gasteiger partial charge in [0.15, 0.2) is 0 Å². The summed E-state index contributed by atoms with van der Waals surface area (Å²) in [4.78, 5) is 39.8. The van der Waals surface area contributed by atoms with E-state index in [1.54, 1.807) is 60.7 Å². The van der Waals surface area contributed by atoms with E-state index in [4.69, 9.17) is 14.2 Å². The molecule has 4 rings (SSSR count). The van der Waals surface area contributed by atoms with Crippen LogP contribution in [0, 0.1) is 0 Å². The van der Waals surface area contributed by atoms with Crippen LogP contribution in [0.5, 0.6) is 11.5 Å². The SMILES string of the molecule is CCOc1cccc(/C(O)=C2\C(=O)C(=O)N(c3ccc(C(=O)OC)cc3)C2c2cccc(OC)c2)c1. The van der Waals surface area contributed by atoms with E-state index in [0.717, 1.165) is 0 Å². The Morgan fingerprint density at radius 1 is 0.917 bits per heavy atom. The Kier molecular flexibility index (Phi) is 7.05. The minimum Gasteiger partial charge on any atom is -0.507 e. The summed E-state index contributed by atoms with van der Waals surface area (Å²) < 4.78 is 15.6. The van der Waals surface area contributed by atoms with Gasteiger partial charge in [-0.2, -0.15) is 0 Å². The molecule has 8 nitrogen and oxygen atoms in total. The number of ether oxygens (including phenoxy) is 3. The molecule has 3 aromatic rings. The Hall–Kier alpha value is -4.59. The van der Waals surface area contributed by atoms with Gasteiger partial charge in [-0.25, -0.2) is 4.79 Å². The van der Waals surface area contributed by atoms with Crippen LogP contribution in [0.3, 0.4) is 0 Å². The molecule has 8 heteroatoms. The van der Waals surface area contributed by atoms with Crippen molar-refractivity contribution in [1.82, 2.24) is 0 Å². The van der Waals surface area contributed by atoms with Gasteiger partial charge in [-0.1, -0.05) is 24.3 Å². The van der Waals surface area contributed by atoms with Gasteiger partial charge in [-0.15, -0.1) is 0 Å². The number of hydrogen-bond acceptors (Lipinski definition) is 7. The lowest BCUT2D eigenvalue weighted by Gasteiger charge is -2.26. The minimum absolute atomic E-state index is 0.0704. The predicted octanol–water partition coefficient (Wildman–Crippen LogP) is 4.51. The van der Waals surface area contributed by atoms with Gasteiger partial charge in [0.05, 0.1) is 38.0 Å². The molecule has 1 atom stereocenters. The lowest BCUT2D eigenvalue weighted by molar-refractivity contribution is -0.132. The quantitative estimate of drug-likeness (QED) is 0.226. The standard InChI is InChI=1S/C28H25NO7/c1-4-36-22-10-6-8-19(16-22)25(30)23-24(18-7-5-9-21(15-18)34-2)29(27(32)26(23)31)20-13-11-17(12-14-20)28(33)35-3/h5-16,24,30H,4H2,1-3H3/b25-23+. The molecule has 0 bridgehead atoms. The van der Waals surface area contributed by atoms with Crippen LogP contribution in [0.15, 0.2) is 78.4 Å².